The minimum atomic E-state index is -0.385. The van der Waals surface area contributed by atoms with Gasteiger partial charge < -0.3 is 10.7 Å². The Bertz CT molecular complexity index is 813. The van der Waals surface area contributed by atoms with Crippen LogP contribution in [0.4, 0.5) is 5.69 Å². The summed E-state index contributed by atoms with van der Waals surface area (Å²) in [6, 6.07) is 5.19. The second kappa shape index (κ2) is 4.05. The number of hydrogen-bond donors (Lipinski definition) is 2. The summed E-state index contributed by atoms with van der Waals surface area (Å²) in [6.45, 7) is 0. The van der Waals surface area contributed by atoms with Crippen molar-refractivity contribution in [2.24, 2.45) is 0 Å². The maximum absolute atomic E-state index is 12.2. The van der Waals surface area contributed by atoms with Gasteiger partial charge in [0, 0.05) is 6.20 Å². The third-order valence-corrected chi connectivity index (χ3v) is 2.72. The Hall–Kier alpha value is -2.96. The van der Waals surface area contributed by atoms with Crippen LogP contribution in [-0.2, 0) is 0 Å². The Balaban J connectivity index is 2.14. The number of fused-ring (bicyclic) bond motifs is 1. The number of H-pyrrole nitrogens is 1. The average Bonchev–Trinajstić information content (AvgIpc) is 2.84. The molecular weight excluding hydrogens is 246 g/mol. The fourth-order valence-electron chi connectivity index (χ4n) is 1.81. The van der Waals surface area contributed by atoms with Gasteiger partial charge in [-0.1, -0.05) is 6.07 Å². The molecule has 0 fully saturated rings. The molecule has 2 heterocycles. The van der Waals surface area contributed by atoms with Crippen LogP contribution in [-0.4, -0.2) is 25.4 Å². The molecule has 3 N–H and O–H groups in total. The fraction of sp³-hybridized carbons (Fsp3) is 0. The van der Waals surface area contributed by atoms with E-state index < -0.39 is 0 Å². The number of nitrogens with zero attached hydrogens (tertiary/aromatic N) is 3. The molecular formula is C12H9N5O2. The van der Waals surface area contributed by atoms with E-state index in [0.29, 0.717) is 16.7 Å². The topological polar surface area (TPSA) is 107 Å². The molecule has 0 amide bonds. The van der Waals surface area contributed by atoms with E-state index in [2.05, 4.69) is 15.0 Å². The van der Waals surface area contributed by atoms with Crippen molar-refractivity contribution < 1.29 is 4.79 Å². The third-order valence-electron chi connectivity index (χ3n) is 2.72. The molecule has 19 heavy (non-hydrogen) atoms. The number of nitrogens with two attached hydrogens (primary N) is 1. The van der Waals surface area contributed by atoms with Crippen LogP contribution in [0.25, 0.3) is 11.0 Å². The summed E-state index contributed by atoms with van der Waals surface area (Å²) in [5.74, 6) is -0.385. The molecule has 0 spiro atoms. The summed E-state index contributed by atoms with van der Waals surface area (Å²) in [4.78, 5) is 33.5. The lowest BCUT2D eigenvalue weighted by atomic mass is 10.2. The summed E-state index contributed by atoms with van der Waals surface area (Å²) >= 11 is 0. The van der Waals surface area contributed by atoms with Gasteiger partial charge in [-0.05, 0) is 12.1 Å². The van der Waals surface area contributed by atoms with Gasteiger partial charge in [-0.2, -0.15) is 0 Å². The van der Waals surface area contributed by atoms with Gasteiger partial charge in [0.15, 0.2) is 0 Å². The van der Waals surface area contributed by atoms with Crippen molar-refractivity contribution in [1.29, 1.82) is 0 Å². The minimum Gasteiger partial charge on any atom is -0.397 e. The first-order valence-corrected chi connectivity index (χ1v) is 5.48. The van der Waals surface area contributed by atoms with Gasteiger partial charge in [0.1, 0.15) is 17.5 Å². The molecule has 7 heteroatoms. The van der Waals surface area contributed by atoms with Crippen LogP contribution in [0.3, 0.4) is 0 Å². The molecule has 0 radical (unpaired) electrons. The summed E-state index contributed by atoms with van der Waals surface area (Å²) in [5.41, 5.74) is 7.19. The zero-order valence-corrected chi connectivity index (χ0v) is 9.70. The van der Waals surface area contributed by atoms with Gasteiger partial charge in [-0.3, -0.25) is 14.2 Å². The number of nitrogen functional groups attached to an aromatic ring is 1. The van der Waals surface area contributed by atoms with Crippen LogP contribution < -0.4 is 11.3 Å². The predicted molar refractivity (Wildman–Crippen MR) is 68.7 cm³/mol. The molecule has 0 saturated carbocycles. The number of benzene rings is 1. The van der Waals surface area contributed by atoms with E-state index in [1.54, 1.807) is 18.2 Å². The van der Waals surface area contributed by atoms with Gasteiger partial charge in [0.25, 0.3) is 11.5 Å². The molecule has 0 atom stereocenters. The first-order chi connectivity index (χ1) is 9.16. The Labute approximate surface area is 106 Å². The first-order valence-electron chi connectivity index (χ1n) is 5.48. The molecule has 0 aliphatic heterocycles. The molecule has 3 rings (SSSR count). The highest BCUT2D eigenvalue weighted by molar-refractivity contribution is 6.01. The number of hydrogen-bond acceptors (Lipinski definition) is 5. The SMILES string of the molecule is Nc1cccc2c1ncn2C(=O)c1c[nH]c(=O)cn1. The van der Waals surface area contributed by atoms with Crippen molar-refractivity contribution in [2.75, 3.05) is 5.73 Å². The third kappa shape index (κ3) is 1.77. The molecule has 0 unspecified atom stereocenters. The summed E-state index contributed by atoms with van der Waals surface area (Å²) in [5, 5.41) is 0. The highest BCUT2D eigenvalue weighted by Crippen LogP contribution is 2.19. The lowest BCUT2D eigenvalue weighted by Crippen LogP contribution is -2.16. The van der Waals surface area contributed by atoms with E-state index in [-0.39, 0.29) is 17.2 Å². The lowest BCUT2D eigenvalue weighted by Gasteiger charge is -2.02. The van der Waals surface area contributed by atoms with E-state index in [1.165, 1.54) is 17.1 Å². The highest BCUT2D eigenvalue weighted by atomic mass is 16.2. The van der Waals surface area contributed by atoms with Gasteiger partial charge in [0.2, 0.25) is 0 Å². The summed E-state index contributed by atoms with van der Waals surface area (Å²) in [7, 11) is 0. The molecule has 3 aromatic rings. The van der Waals surface area contributed by atoms with Crippen molar-refractivity contribution in [3.63, 3.8) is 0 Å². The number of rotatable bonds is 1. The molecule has 7 nitrogen and oxygen atoms in total. The maximum atomic E-state index is 12.2. The zero-order chi connectivity index (χ0) is 13.4. The smallest absolute Gasteiger partial charge is 0.283 e. The monoisotopic (exact) mass is 255 g/mol. The minimum absolute atomic E-state index is 0.126. The van der Waals surface area contributed by atoms with Crippen molar-refractivity contribution in [3.8, 4) is 0 Å². The Morgan fingerprint density at radius 3 is 2.89 bits per heavy atom. The first kappa shape index (κ1) is 11.1. The average molecular weight is 255 g/mol. The lowest BCUT2D eigenvalue weighted by molar-refractivity contribution is 0.0959. The number of imidazole rings is 1. The highest BCUT2D eigenvalue weighted by Gasteiger charge is 2.14. The standard InChI is InChI=1S/C12H9N5O2/c13-7-2-1-3-9-11(7)16-6-17(9)12(19)8-4-15-10(18)5-14-8/h1-6H,13H2,(H,15,18). The molecule has 0 saturated heterocycles. The Morgan fingerprint density at radius 1 is 1.32 bits per heavy atom. The van der Waals surface area contributed by atoms with Crippen molar-refractivity contribution in [3.05, 3.63) is 53.0 Å². The van der Waals surface area contributed by atoms with Crippen LogP contribution in [0, 0.1) is 0 Å². The number of para-hydroxylation sites is 1. The van der Waals surface area contributed by atoms with E-state index in [0.717, 1.165) is 6.20 Å². The van der Waals surface area contributed by atoms with E-state index in [9.17, 15) is 9.59 Å². The largest absolute Gasteiger partial charge is 0.397 e. The maximum Gasteiger partial charge on any atom is 0.283 e. The van der Waals surface area contributed by atoms with E-state index in [1.807, 2.05) is 0 Å². The second-order valence-electron chi connectivity index (χ2n) is 3.93. The molecule has 1 aromatic carbocycles. The van der Waals surface area contributed by atoms with Crippen LogP contribution in [0.15, 0.2) is 41.7 Å². The number of carbonyl (C=O) groups excluding carboxylic acids is 1. The number of aromatic nitrogens is 4. The van der Waals surface area contributed by atoms with Crippen LogP contribution in [0.1, 0.15) is 10.5 Å². The Morgan fingerprint density at radius 2 is 2.16 bits per heavy atom. The molecule has 2 aromatic heterocycles. The van der Waals surface area contributed by atoms with Crippen LogP contribution in [0.5, 0.6) is 0 Å². The molecule has 0 bridgehead atoms. The van der Waals surface area contributed by atoms with E-state index >= 15 is 0 Å². The second-order valence-corrected chi connectivity index (χ2v) is 3.93. The zero-order valence-electron chi connectivity index (χ0n) is 9.70. The van der Waals surface area contributed by atoms with Gasteiger partial charge in [-0.15, -0.1) is 0 Å². The van der Waals surface area contributed by atoms with Crippen LogP contribution in [0.2, 0.25) is 0 Å². The number of aromatic amines is 1. The van der Waals surface area contributed by atoms with Crippen LogP contribution >= 0.6 is 0 Å². The molecule has 0 aliphatic carbocycles. The quantitative estimate of drug-likeness (QED) is 0.612. The Kier molecular flexibility index (Phi) is 2.38. The van der Waals surface area contributed by atoms with Crippen molar-refractivity contribution in [2.45, 2.75) is 0 Å². The van der Waals surface area contributed by atoms with Crippen molar-refractivity contribution in [1.82, 2.24) is 19.5 Å². The number of nitrogens with one attached hydrogen (secondary N) is 1. The summed E-state index contributed by atoms with van der Waals surface area (Å²) in [6.07, 6.45) is 3.71. The van der Waals surface area contributed by atoms with Gasteiger partial charge in [0.05, 0.1) is 17.4 Å². The van der Waals surface area contributed by atoms with Crippen molar-refractivity contribution >= 4 is 22.6 Å². The number of anilines is 1. The van der Waals surface area contributed by atoms with E-state index in [4.69, 9.17) is 5.73 Å². The molecule has 94 valence electrons. The number of carbonyl (C=O) groups is 1. The fourth-order valence-corrected chi connectivity index (χ4v) is 1.81. The predicted octanol–water partition coefficient (Wildman–Crippen LogP) is 0.390. The molecule has 0 aliphatic rings. The van der Waals surface area contributed by atoms with Gasteiger partial charge >= 0.3 is 0 Å². The normalized spacial score (nSPS) is 10.7. The summed E-state index contributed by atoms with van der Waals surface area (Å²) < 4.78 is 1.34. The van der Waals surface area contributed by atoms with Gasteiger partial charge in [-0.25, -0.2) is 9.97 Å².